The number of halogens is 1. The predicted molar refractivity (Wildman–Crippen MR) is 86.0 cm³/mol. The summed E-state index contributed by atoms with van der Waals surface area (Å²) in [6, 6.07) is 6.72. The van der Waals surface area contributed by atoms with Gasteiger partial charge in [-0.1, -0.05) is 0 Å². The Hall–Kier alpha value is -2.39. The van der Waals surface area contributed by atoms with Crippen molar-refractivity contribution in [1.82, 2.24) is 4.57 Å². The highest BCUT2D eigenvalue weighted by atomic mass is 19.1. The summed E-state index contributed by atoms with van der Waals surface area (Å²) in [7, 11) is 0. The summed E-state index contributed by atoms with van der Waals surface area (Å²) in [5.74, 6) is -0.427. The molecule has 0 amide bonds. The Morgan fingerprint density at radius 2 is 2.09 bits per heavy atom. The maximum Gasteiger partial charge on any atom is 0.251 e. The quantitative estimate of drug-likeness (QED) is 0.919. The Labute approximate surface area is 132 Å². The van der Waals surface area contributed by atoms with Crippen LogP contribution in [0.3, 0.4) is 0 Å². The molecular weight excluding hydrogens is 295 g/mol. The molecule has 118 valence electrons. The van der Waals surface area contributed by atoms with Crippen LogP contribution in [0.2, 0.25) is 0 Å². The van der Waals surface area contributed by atoms with E-state index in [9.17, 15) is 14.4 Å². The number of aromatic nitrogens is 1. The van der Waals surface area contributed by atoms with Gasteiger partial charge in [-0.2, -0.15) is 5.26 Å². The number of hydrogen-bond acceptors (Lipinski definition) is 4. The second-order valence-corrected chi connectivity index (χ2v) is 6.40. The highest BCUT2D eigenvalue weighted by Gasteiger charge is 2.30. The zero-order valence-electron chi connectivity index (χ0n) is 12.6. The SMILES string of the molecule is N#Cc1c(N2CCC(N)C2)c(F)cc2ccc(=O)n(C3CC3)c12. The lowest BCUT2D eigenvalue weighted by molar-refractivity contribution is 0.623. The molecule has 2 heterocycles. The fourth-order valence-corrected chi connectivity index (χ4v) is 3.49. The van der Waals surface area contributed by atoms with Crippen LogP contribution < -0.4 is 16.2 Å². The van der Waals surface area contributed by atoms with Gasteiger partial charge in [0.2, 0.25) is 0 Å². The molecule has 4 rings (SSSR count). The topological polar surface area (TPSA) is 75.1 Å². The van der Waals surface area contributed by atoms with E-state index in [1.165, 1.54) is 12.1 Å². The second-order valence-electron chi connectivity index (χ2n) is 6.40. The molecule has 1 aliphatic heterocycles. The summed E-state index contributed by atoms with van der Waals surface area (Å²) in [6.45, 7) is 1.15. The van der Waals surface area contributed by atoms with Crippen LogP contribution in [-0.4, -0.2) is 23.7 Å². The molecule has 0 bridgehead atoms. The number of fused-ring (bicyclic) bond motifs is 1. The van der Waals surface area contributed by atoms with Crippen LogP contribution in [0.4, 0.5) is 10.1 Å². The molecule has 23 heavy (non-hydrogen) atoms. The van der Waals surface area contributed by atoms with Crippen LogP contribution >= 0.6 is 0 Å². The molecule has 0 spiro atoms. The summed E-state index contributed by atoms with van der Waals surface area (Å²) >= 11 is 0. The van der Waals surface area contributed by atoms with Gasteiger partial charge in [-0.15, -0.1) is 0 Å². The van der Waals surface area contributed by atoms with Crippen LogP contribution in [0.15, 0.2) is 23.0 Å². The van der Waals surface area contributed by atoms with Gasteiger partial charge in [0.15, 0.2) is 0 Å². The number of nitrogens with zero attached hydrogens (tertiary/aromatic N) is 3. The smallest absolute Gasteiger partial charge is 0.251 e. The van der Waals surface area contributed by atoms with Gasteiger partial charge in [0.25, 0.3) is 5.56 Å². The van der Waals surface area contributed by atoms with Crippen LogP contribution in [-0.2, 0) is 0 Å². The molecule has 1 saturated heterocycles. The number of benzene rings is 1. The Kier molecular flexibility index (Phi) is 3.13. The van der Waals surface area contributed by atoms with Crippen molar-refractivity contribution in [3.8, 4) is 6.07 Å². The van der Waals surface area contributed by atoms with Gasteiger partial charge in [-0.3, -0.25) is 4.79 Å². The molecule has 1 aliphatic carbocycles. The lowest BCUT2D eigenvalue weighted by Crippen LogP contribution is -2.28. The van der Waals surface area contributed by atoms with Gasteiger partial charge in [0, 0.05) is 36.6 Å². The molecule has 1 aromatic heterocycles. The van der Waals surface area contributed by atoms with Crippen LogP contribution in [0.25, 0.3) is 10.9 Å². The number of anilines is 1. The average Bonchev–Trinajstić information content (AvgIpc) is 3.27. The highest BCUT2D eigenvalue weighted by Crippen LogP contribution is 2.39. The van der Waals surface area contributed by atoms with Crippen molar-refractivity contribution >= 4 is 16.6 Å². The standard InChI is InChI=1S/C17H17FN4O/c18-14-7-10-1-4-15(23)22(12-2-3-12)16(10)13(8-19)17(14)21-6-5-11(20)9-21/h1,4,7,11-12H,2-3,5-6,9,20H2. The van der Waals surface area contributed by atoms with Crippen molar-refractivity contribution in [1.29, 1.82) is 5.26 Å². The lowest BCUT2D eigenvalue weighted by atomic mass is 10.1. The van der Waals surface area contributed by atoms with Crippen molar-refractivity contribution < 1.29 is 4.39 Å². The predicted octanol–water partition coefficient (Wildman–Crippen LogP) is 1.88. The van der Waals surface area contributed by atoms with E-state index in [1.807, 2.05) is 4.90 Å². The van der Waals surface area contributed by atoms with Crippen LogP contribution in [0, 0.1) is 17.1 Å². The van der Waals surface area contributed by atoms with Crippen LogP contribution in [0.5, 0.6) is 0 Å². The van der Waals surface area contributed by atoms with E-state index in [0.717, 1.165) is 19.3 Å². The number of nitrogens with two attached hydrogens (primary N) is 1. The zero-order valence-corrected chi connectivity index (χ0v) is 12.6. The highest BCUT2D eigenvalue weighted by molar-refractivity contribution is 5.91. The maximum absolute atomic E-state index is 14.7. The lowest BCUT2D eigenvalue weighted by Gasteiger charge is -2.22. The molecule has 1 atom stereocenters. The Morgan fingerprint density at radius 1 is 1.30 bits per heavy atom. The van der Waals surface area contributed by atoms with Gasteiger partial charge in [-0.25, -0.2) is 4.39 Å². The Morgan fingerprint density at radius 3 is 2.70 bits per heavy atom. The molecule has 5 nitrogen and oxygen atoms in total. The van der Waals surface area contributed by atoms with Crippen molar-refractivity contribution in [2.24, 2.45) is 5.73 Å². The fourth-order valence-electron chi connectivity index (χ4n) is 3.49. The molecule has 2 N–H and O–H groups in total. The van der Waals surface area contributed by atoms with E-state index >= 15 is 0 Å². The summed E-state index contributed by atoms with van der Waals surface area (Å²) in [5.41, 5.74) is 6.88. The third kappa shape index (κ3) is 2.20. The molecule has 2 aliphatic rings. The molecule has 2 fully saturated rings. The van der Waals surface area contributed by atoms with E-state index in [1.54, 1.807) is 10.6 Å². The third-order valence-corrected chi connectivity index (χ3v) is 4.70. The van der Waals surface area contributed by atoms with Gasteiger partial charge >= 0.3 is 0 Å². The Bertz CT molecular complexity index is 894. The molecular formula is C17H17FN4O. The summed E-state index contributed by atoms with van der Waals surface area (Å²) in [6.07, 6.45) is 2.61. The summed E-state index contributed by atoms with van der Waals surface area (Å²) < 4.78 is 16.3. The van der Waals surface area contributed by atoms with E-state index in [0.29, 0.717) is 24.0 Å². The Balaban J connectivity index is 2.04. The molecule has 6 heteroatoms. The minimum atomic E-state index is -0.427. The molecule has 1 unspecified atom stereocenters. The van der Waals surface area contributed by atoms with Crippen molar-refractivity contribution in [2.75, 3.05) is 18.0 Å². The minimum absolute atomic E-state index is 0.0157. The summed E-state index contributed by atoms with van der Waals surface area (Å²) in [5, 5.41) is 10.3. The summed E-state index contributed by atoms with van der Waals surface area (Å²) in [4.78, 5) is 14.1. The minimum Gasteiger partial charge on any atom is -0.366 e. The first kappa shape index (κ1) is 14.2. The molecule has 2 aromatic rings. The van der Waals surface area contributed by atoms with Gasteiger partial charge in [0.05, 0.1) is 11.2 Å². The number of rotatable bonds is 2. The monoisotopic (exact) mass is 312 g/mol. The van der Waals surface area contributed by atoms with Gasteiger partial charge in [0.1, 0.15) is 17.4 Å². The number of hydrogen-bond donors (Lipinski definition) is 1. The first-order valence-corrected chi connectivity index (χ1v) is 7.88. The van der Waals surface area contributed by atoms with Gasteiger partial charge in [-0.05, 0) is 31.4 Å². The molecule has 0 radical (unpaired) electrons. The number of pyridine rings is 1. The molecule has 1 saturated carbocycles. The second kappa shape index (κ2) is 5.07. The first-order valence-electron chi connectivity index (χ1n) is 7.88. The van der Waals surface area contributed by atoms with Crippen molar-refractivity contribution in [3.05, 3.63) is 39.9 Å². The zero-order chi connectivity index (χ0) is 16.1. The third-order valence-electron chi connectivity index (χ3n) is 4.70. The average molecular weight is 312 g/mol. The van der Waals surface area contributed by atoms with E-state index in [2.05, 4.69) is 6.07 Å². The normalized spacial score (nSPS) is 20.9. The van der Waals surface area contributed by atoms with Crippen LogP contribution in [0.1, 0.15) is 30.9 Å². The maximum atomic E-state index is 14.7. The van der Waals surface area contributed by atoms with Crippen molar-refractivity contribution in [3.63, 3.8) is 0 Å². The van der Waals surface area contributed by atoms with E-state index in [4.69, 9.17) is 5.73 Å². The number of nitriles is 1. The molecule has 1 aromatic carbocycles. The first-order chi connectivity index (χ1) is 11.1. The fraction of sp³-hybridized carbons (Fsp3) is 0.412. The van der Waals surface area contributed by atoms with Crippen molar-refractivity contribution in [2.45, 2.75) is 31.3 Å². The van der Waals surface area contributed by atoms with E-state index in [-0.39, 0.29) is 28.9 Å². The van der Waals surface area contributed by atoms with Gasteiger partial charge < -0.3 is 15.2 Å². The van der Waals surface area contributed by atoms with E-state index < -0.39 is 5.82 Å². The largest absolute Gasteiger partial charge is 0.366 e.